The molecule has 137 heavy (non-hydrogen) atoms. The number of sulfonamides is 1. The van der Waals surface area contributed by atoms with Gasteiger partial charge in [0.05, 0.1) is 106 Å². The molecule has 0 aliphatic carbocycles. The summed E-state index contributed by atoms with van der Waals surface area (Å²) in [6.07, 6.45) is 23.1. The number of fused-ring (bicyclic) bond motifs is 5. The van der Waals surface area contributed by atoms with Crippen molar-refractivity contribution >= 4 is 85.1 Å². The Balaban J connectivity index is 0.000000119. The summed E-state index contributed by atoms with van der Waals surface area (Å²) in [5.41, 5.74) is 15.4. The highest BCUT2D eigenvalue weighted by Crippen LogP contribution is 2.33. The fourth-order valence-electron chi connectivity index (χ4n) is 15.6. The van der Waals surface area contributed by atoms with Crippen LogP contribution in [0.4, 0.5) is 64.2 Å². The molecule has 710 valence electrons. The number of H-pyrrole nitrogens is 1. The van der Waals surface area contributed by atoms with Crippen LogP contribution in [0.15, 0.2) is 154 Å². The van der Waals surface area contributed by atoms with Gasteiger partial charge < -0.3 is 50.8 Å². The maximum atomic E-state index is 13.0. The van der Waals surface area contributed by atoms with Gasteiger partial charge in [-0.05, 0) is 62.9 Å². The molecule has 16 aromatic heterocycles. The van der Waals surface area contributed by atoms with E-state index in [0.717, 1.165) is 73.7 Å². The van der Waals surface area contributed by atoms with Crippen LogP contribution in [0.25, 0.3) is 85.8 Å². The number of hydrogen-bond acceptors (Lipinski definition) is 35. The maximum Gasteiger partial charge on any atom is 0.281 e. The second kappa shape index (κ2) is 41.4. The van der Waals surface area contributed by atoms with Gasteiger partial charge in [-0.3, -0.25) is 41.4 Å². The quantitative estimate of drug-likeness (QED) is 0.0518. The smallest absolute Gasteiger partial charge is 0.281 e. The number of nitrogens with zero attached hydrogens (tertiary/aromatic N) is 33. The Labute approximate surface area is 770 Å². The van der Waals surface area contributed by atoms with Gasteiger partial charge >= 0.3 is 0 Å². The Kier molecular flexibility index (Phi) is 28.1. The van der Waals surface area contributed by atoms with E-state index in [2.05, 4.69) is 135 Å². The minimum atomic E-state index is -3.26. The van der Waals surface area contributed by atoms with Crippen molar-refractivity contribution in [2.75, 3.05) is 123 Å². The van der Waals surface area contributed by atoms with E-state index in [1.165, 1.54) is 85.8 Å². The first-order chi connectivity index (χ1) is 66.2. The van der Waals surface area contributed by atoms with Crippen LogP contribution in [0.1, 0.15) is 98.0 Å². The van der Waals surface area contributed by atoms with Crippen molar-refractivity contribution in [1.82, 2.24) is 152 Å². The predicted molar refractivity (Wildman–Crippen MR) is 473 cm³/mol. The molecule has 21 heterocycles. The van der Waals surface area contributed by atoms with E-state index in [-0.39, 0.29) is 65.6 Å². The summed E-state index contributed by atoms with van der Waals surface area (Å²) in [6, 6.07) is 8.88. The summed E-state index contributed by atoms with van der Waals surface area (Å²) in [4.78, 5) is 129. The fraction of sp³-hybridized carbons (Fsp3) is 0.349. The molecule has 0 saturated carbocycles. The number of aromatic amines is 1. The lowest BCUT2D eigenvalue weighted by atomic mass is 9.97. The number of nitrogens with one attached hydrogen (secondary N) is 3. The molecule has 5 aliphatic heterocycles. The van der Waals surface area contributed by atoms with Crippen molar-refractivity contribution in [3.8, 4) is 57.6 Å². The number of imidazole rings is 5. The molecular formula is C83H84F8N38O7S. The third kappa shape index (κ3) is 22.0. The third-order valence-corrected chi connectivity index (χ3v) is 23.1. The number of anilines is 5. The average molecular weight is 1910 g/mol. The lowest BCUT2D eigenvalue weighted by Crippen LogP contribution is -2.48. The Morgan fingerprint density at radius 1 is 0.453 bits per heavy atom. The second-order valence-corrected chi connectivity index (χ2v) is 33.5. The van der Waals surface area contributed by atoms with Gasteiger partial charge in [-0.15, -0.1) is 10.2 Å². The van der Waals surface area contributed by atoms with Gasteiger partial charge in [0, 0.05) is 146 Å². The summed E-state index contributed by atoms with van der Waals surface area (Å²) in [7, 11) is -3.26. The van der Waals surface area contributed by atoms with Crippen molar-refractivity contribution < 1.29 is 67.4 Å². The van der Waals surface area contributed by atoms with Crippen molar-refractivity contribution in [2.45, 2.75) is 82.9 Å². The van der Waals surface area contributed by atoms with E-state index in [1.807, 2.05) is 44.4 Å². The topological polar surface area (TPSA) is 530 Å². The molecule has 54 heteroatoms. The zero-order valence-corrected chi connectivity index (χ0v) is 73.5. The molecule has 3 amide bonds. The van der Waals surface area contributed by atoms with E-state index in [1.54, 1.807) is 67.8 Å². The zero-order valence-electron chi connectivity index (χ0n) is 72.7. The van der Waals surface area contributed by atoms with Gasteiger partial charge in [0.1, 0.15) is 80.3 Å². The van der Waals surface area contributed by atoms with E-state index >= 15 is 0 Å². The van der Waals surface area contributed by atoms with E-state index in [9.17, 15) is 57.9 Å². The number of aromatic nitrogens is 29. The Hall–Kier alpha value is -15.8. The van der Waals surface area contributed by atoms with Gasteiger partial charge in [-0.1, -0.05) is 5.21 Å². The standard InChI is InChI=1S/C17H16F2N10.C17H17F2N7O.C17H21N7O3S.C16H15F2N7O2.C16H15F2N7O/c18-15(19)11-9-29-12(6-22-14(29)7-21-11)17-20-4-3-13(23-17)28-5-1-2-10(8-28)16-24-26-27-25-16;18-15(19)11-9-26-12(6-23-14(26)7-22-11)17-21-4-3-13(24-17)25-5-1-2-10(8-25)16(20)27;1-12-10-24-14(8-20-16(24)9-19-12)17-18-4-3-15(22-17)23-5-6-27-13(11-23)7-21-28(2,25)26;17-14(18)9-7-25-10(5-22-13(25)6-21-9)16-20-2-1-12(23-16)24-3-4-27-11(8-24)15(19)26;17-15(18)10-9-25-11(7-22-13(25)8-21-10)16-20-3-1-12(23-16)24-5-2-14(26)19-4-6-24/h3-4,6-7,9-10,15H,1-2,5,8H2,(H,24,25,26,27);3-4,6-7,9-10,15H,1-2,5,8H2,(H2,20,27);3-4,8-10,13,21H,5-7,11H2,1-2H3;1-2,5-7,11,14H,3-4,8H2,(H2,19,26);1,3,7-9,15H,2,4-6H2,(H,19,26)/t;10-;13-;;/m.01../s1. The number of carbonyl (C=O) groups is 3. The SMILES string of the molecule is Cc1cn2c(-c3nccc(N4CCO[C@H](CNS(C)(=O)=O)C4)n3)cnc2cn1.FC(F)c1cn2c(-c3nccc(N4CCCC(c5nn[nH]n5)C4)n3)cnc2cn1.NC(=O)C1CN(c2ccnc(-c3cnc4cnc(C(F)F)cn34)n2)CCO1.NC(=O)[C@H]1CCCN(c2ccnc(-c3cnc4cnc(C(F)F)cn34)n2)C1.O=C1CCN(c2ccnc(-c3cnc4cnc(C(F)F)cn34)n2)CCN1. The molecule has 5 saturated heterocycles. The average Bonchev–Trinajstić information content (AvgIpc) is 1.53. The van der Waals surface area contributed by atoms with Crippen molar-refractivity contribution in [3.05, 3.63) is 189 Å². The zero-order chi connectivity index (χ0) is 95.5. The number of aryl methyl sites for hydroxylation is 1. The molecule has 0 aromatic carbocycles. The summed E-state index contributed by atoms with van der Waals surface area (Å²) in [5, 5.41) is 17.1. The number of hydrogen-bond donors (Lipinski definition) is 5. The highest BCUT2D eigenvalue weighted by atomic mass is 32.2. The number of rotatable bonds is 20. The molecule has 2 unspecified atom stereocenters. The molecule has 7 N–H and O–H groups in total. The van der Waals surface area contributed by atoms with Crippen LogP contribution in [-0.4, -0.2) is 279 Å². The van der Waals surface area contributed by atoms with E-state index in [0.29, 0.717) is 170 Å². The monoisotopic (exact) mass is 1910 g/mol. The van der Waals surface area contributed by atoms with Crippen molar-refractivity contribution in [2.24, 2.45) is 17.4 Å². The number of ether oxygens (including phenoxy) is 2. The molecule has 4 atom stereocenters. The summed E-state index contributed by atoms with van der Waals surface area (Å²) in [5.74, 6) is 5.21. The number of amides is 3. The minimum absolute atomic E-state index is 0.00981. The molecule has 0 radical (unpaired) electrons. The maximum absolute atomic E-state index is 13.0. The molecule has 21 rings (SSSR count). The highest BCUT2D eigenvalue weighted by Gasteiger charge is 2.32. The van der Waals surface area contributed by atoms with Gasteiger partial charge in [0.25, 0.3) is 25.7 Å². The Morgan fingerprint density at radius 2 is 0.839 bits per heavy atom. The summed E-state index contributed by atoms with van der Waals surface area (Å²) >= 11 is 0. The first-order valence-corrected chi connectivity index (χ1v) is 44.6. The molecular weight excluding hydrogens is 1830 g/mol. The number of piperidine rings is 2. The predicted octanol–water partition coefficient (Wildman–Crippen LogP) is 6.36. The molecule has 16 aromatic rings. The number of morpholine rings is 2. The largest absolute Gasteiger partial charge is 0.373 e. The Bertz CT molecular complexity index is 6940. The van der Waals surface area contributed by atoms with Crippen LogP contribution in [-0.2, 0) is 33.9 Å². The summed E-state index contributed by atoms with van der Waals surface area (Å²) in [6.45, 7) is 9.53. The van der Waals surface area contributed by atoms with Crippen LogP contribution < -0.4 is 46.0 Å². The van der Waals surface area contributed by atoms with E-state index in [4.69, 9.17) is 25.9 Å². The first kappa shape index (κ1) is 93.1. The van der Waals surface area contributed by atoms with Crippen molar-refractivity contribution in [3.63, 3.8) is 0 Å². The van der Waals surface area contributed by atoms with Crippen LogP contribution >= 0.6 is 0 Å². The summed E-state index contributed by atoms with van der Waals surface area (Å²) < 4.78 is 148. The van der Waals surface area contributed by atoms with Gasteiger partial charge in [0.15, 0.2) is 69.3 Å². The number of primary amides is 2. The molecule has 0 spiro atoms. The third-order valence-electron chi connectivity index (χ3n) is 22.4. The molecule has 5 fully saturated rings. The number of halogens is 8. The Morgan fingerprint density at radius 3 is 1.24 bits per heavy atom. The lowest BCUT2D eigenvalue weighted by Gasteiger charge is -2.33. The van der Waals surface area contributed by atoms with Gasteiger partial charge in [-0.25, -0.2) is 143 Å². The van der Waals surface area contributed by atoms with Gasteiger partial charge in [-0.2, -0.15) is 5.21 Å². The minimum Gasteiger partial charge on any atom is -0.373 e. The number of nitrogens with two attached hydrogens (primary N) is 2. The molecule has 45 nitrogen and oxygen atoms in total. The van der Waals surface area contributed by atoms with Gasteiger partial charge in [0.2, 0.25) is 27.7 Å². The van der Waals surface area contributed by atoms with Crippen LogP contribution in [0.5, 0.6) is 0 Å². The van der Waals surface area contributed by atoms with Crippen LogP contribution in [0.3, 0.4) is 0 Å². The lowest BCUT2D eigenvalue weighted by molar-refractivity contribution is -0.130. The number of tetrazole rings is 1. The van der Waals surface area contributed by atoms with Crippen molar-refractivity contribution in [1.29, 1.82) is 0 Å². The molecule has 0 bridgehead atoms. The number of alkyl halides is 8. The normalized spacial score (nSPS) is 17.2. The fourth-order valence-corrected chi connectivity index (χ4v) is 16.1. The van der Waals surface area contributed by atoms with E-state index < -0.39 is 47.7 Å². The second-order valence-electron chi connectivity index (χ2n) is 31.6. The first-order valence-electron chi connectivity index (χ1n) is 42.7. The van der Waals surface area contributed by atoms with Crippen LogP contribution in [0.2, 0.25) is 0 Å². The molecule has 5 aliphatic rings. The highest BCUT2D eigenvalue weighted by molar-refractivity contribution is 7.88. The van der Waals surface area contributed by atoms with Crippen LogP contribution in [0, 0.1) is 12.8 Å². The number of carbonyl (C=O) groups excluding carboxylic acids is 3.